The Balaban J connectivity index is 2.20. The van der Waals surface area contributed by atoms with Gasteiger partial charge >= 0.3 is 0 Å². The summed E-state index contributed by atoms with van der Waals surface area (Å²) in [7, 11) is 2.40. The molecule has 2 aromatic carbocycles. The predicted octanol–water partition coefficient (Wildman–Crippen LogP) is 3.73. The molecule has 2 atom stereocenters. The van der Waals surface area contributed by atoms with Gasteiger partial charge in [0.25, 0.3) is 11.5 Å². The first-order chi connectivity index (χ1) is 14.4. The van der Waals surface area contributed by atoms with E-state index in [-0.39, 0.29) is 28.6 Å². The monoisotopic (exact) mass is 561 g/mol. The molecule has 0 fully saturated rings. The van der Waals surface area contributed by atoms with E-state index in [1.165, 1.54) is 28.8 Å². The lowest BCUT2D eigenvalue weighted by molar-refractivity contribution is -0.122. The van der Waals surface area contributed by atoms with E-state index >= 15 is 0 Å². The smallest absolute Gasteiger partial charge is 0.267 e. The van der Waals surface area contributed by atoms with Gasteiger partial charge in [-0.15, -0.1) is 9.24 Å². The maximum absolute atomic E-state index is 14.6. The summed E-state index contributed by atoms with van der Waals surface area (Å²) in [5.74, 6) is -1.49. The lowest BCUT2D eigenvalue weighted by Gasteiger charge is -2.15. The highest BCUT2D eigenvalue weighted by molar-refractivity contribution is 14.2. The first kappa shape index (κ1) is 22.9. The number of aryl methyl sites for hydroxylation is 1. The van der Waals surface area contributed by atoms with Crippen LogP contribution in [-0.2, 0) is 15.8 Å². The van der Waals surface area contributed by atoms with E-state index in [0.29, 0.717) is 17.5 Å². The van der Waals surface area contributed by atoms with Crippen LogP contribution in [0, 0.1) is 11.6 Å². The fourth-order valence-electron chi connectivity index (χ4n) is 2.90. The Bertz CT molecular complexity index is 1200. The molecule has 0 aliphatic rings. The van der Waals surface area contributed by atoms with E-state index in [1.54, 1.807) is 13.0 Å². The molecule has 6 nitrogen and oxygen atoms in total. The van der Waals surface area contributed by atoms with Crippen molar-refractivity contribution < 1.29 is 18.2 Å². The number of rotatable bonds is 6. The molecule has 0 saturated heterocycles. The maximum atomic E-state index is 14.6. The lowest BCUT2D eigenvalue weighted by Crippen LogP contribution is -2.27. The molecule has 156 valence electrons. The number of fused-ring (bicyclic) bond motifs is 1. The van der Waals surface area contributed by atoms with Crippen LogP contribution in [0.1, 0.15) is 18.3 Å². The first-order valence-electron chi connectivity index (χ1n) is 8.66. The number of nitrogens with one attached hydrogen (secondary N) is 1. The van der Waals surface area contributed by atoms with Crippen LogP contribution in [0.3, 0.4) is 0 Å². The molecular formula is C19H16F2IN3O3P2. The number of para-hydroxylation sites is 1. The van der Waals surface area contributed by atoms with Crippen molar-refractivity contribution in [2.24, 2.45) is 0 Å². The Kier molecular flexibility index (Phi) is 7.63. The van der Waals surface area contributed by atoms with E-state index in [1.807, 2.05) is 22.0 Å². The molecule has 0 spiro atoms. The Labute approximate surface area is 187 Å². The zero-order chi connectivity index (χ0) is 21.8. The first-order valence-corrected chi connectivity index (χ1v) is 13.3. The minimum Gasteiger partial charge on any atom is -0.268 e. The van der Waals surface area contributed by atoms with Crippen LogP contribution in [0.25, 0.3) is 22.7 Å². The van der Waals surface area contributed by atoms with E-state index < -0.39 is 23.1 Å². The number of carbonyl (C=O) groups excluding carboxylic acids is 1. The number of amides is 1. The normalized spacial score (nSPS) is 11.8. The van der Waals surface area contributed by atoms with Gasteiger partial charge in [-0.25, -0.2) is 23.9 Å². The minimum absolute atomic E-state index is 0.0175. The van der Waals surface area contributed by atoms with Gasteiger partial charge in [0.05, 0.1) is 16.6 Å². The zero-order valence-electron chi connectivity index (χ0n) is 15.6. The molecule has 1 aromatic heterocycles. The summed E-state index contributed by atoms with van der Waals surface area (Å²) in [4.78, 5) is 29.3. The number of hydrogen-bond donors (Lipinski definition) is 1. The van der Waals surface area contributed by atoms with Crippen LogP contribution in [0.5, 0.6) is 0 Å². The second-order valence-corrected chi connectivity index (χ2v) is 8.37. The van der Waals surface area contributed by atoms with Crippen LogP contribution in [0.15, 0.2) is 41.2 Å². The molecule has 1 amide bonds. The van der Waals surface area contributed by atoms with Gasteiger partial charge in [-0.2, -0.15) is 0 Å². The number of halogens is 3. The van der Waals surface area contributed by atoms with Crippen molar-refractivity contribution >= 4 is 65.9 Å². The van der Waals surface area contributed by atoms with Crippen molar-refractivity contribution in [2.45, 2.75) is 13.3 Å². The summed E-state index contributed by atoms with van der Waals surface area (Å²) in [6.07, 6.45) is 2.65. The van der Waals surface area contributed by atoms with Crippen molar-refractivity contribution in [1.29, 1.82) is 0 Å². The standard InChI is InChI=1S/C19H16F2IN3O3P2/c1-2-16-23-14-9-13(21)10(6-7-17(26)24-28-30-22)8-11(14)19(27)25(16)18-12(20)4-3-5-15(18)29/h3-9,30H,2,29H2,1H3,(H,24,26)/b7-6+. The van der Waals surface area contributed by atoms with Crippen molar-refractivity contribution in [3.8, 4) is 5.69 Å². The van der Waals surface area contributed by atoms with Gasteiger partial charge in [0.2, 0.25) is 0 Å². The van der Waals surface area contributed by atoms with Crippen molar-refractivity contribution in [2.75, 3.05) is 0 Å². The van der Waals surface area contributed by atoms with Gasteiger partial charge in [0, 0.05) is 24.1 Å². The SMILES string of the molecule is CCc1nc2cc(F)c(/C=C/C(=O)NOPI)cc2c(=O)n1-c1c(F)cccc1P. The Morgan fingerprint density at radius 3 is 2.80 bits per heavy atom. The third-order valence-corrected chi connectivity index (χ3v) is 5.52. The lowest BCUT2D eigenvalue weighted by atomic mass is 10.1. The molecule has 0 saturated carbocycles. The van der Waals surface area contributed by atoms with Crippen LogP contribution < -0.4 is 16.3 Å². The summed E-state index contributed by atoms with van der Waals surface area (Å²) >= 11 is 1.93. The van der Waals surface area contributed by atoms with Gasteiger partial charge in [-0.3, -0.25) is 14.2 Å². The average molecular weight is 561 g/mol. The highest BCUT2D eigenvalue weighted by atomic mass is 127. The minimum atomic E-state index is -0.646. The van der Waals surface area contributed by atoms with Crippen molar-refractivity contribution in [3.05, 3.63) is 69.8 Å². The summed E-state index contributed by atoms with van der Waals surface area (Å²) < 4.78 is 35.1. The number of benzene rings is 2. The molecule has 1 N–H and O–H groups in total. The van der Waals surface area contributed by atoms with Crippen LogP contribution >= 0.6 is 37.7 Å². The molecule has 0 aliphatic carbocycles. The van der Waals surface area contributed by atoms with E-state index in [9.17, 15) is 18.4 Å². The highest BCUT2D eigenvalue weighted by Crippen LogP contribution is 2.21. The molecular weight excluding hydrogens is 545 g/mol. The van der Waals surface area contributed by atoms with Gasteiger partial charge in [-0.05, 0) is 45.6 Å². The number of carbonyl (C=O) groups is 1. The summed E-state index contributed by atoms with van der Waals surface area (Å²) in [6.45, 7) is 1.81. The van der Waals surface area contributed by atoms with E-state index in [2.05, 4.69) is 19.7 Å². The summed E-state index contributed by atoms with van der Waals surface area (Å²) in [6, 6.07) is 6.88. The van der Waals surface area contributed by atoms with Crippen LogP contribution in [-0.4, -0.2) is 15.5 Å². The maximum Gasteiger partial charge on any atom is 0.267 e. The molecule has 0 radical (unpaired) electrons. The molecule has 0 bridgehead atoms. The quantitative estimate of drug-likeness (QED) is 0.216. The van der Waals surface area contributed by atoms with E-state index in [0.717, 1.165) is 12.1 Å². The molecule has 3 rings (SSSR count). The van der Waals surface area contributed by atoms with Crippen LogP contribution in [0.4, 0.5) is 8.78 Å². The predicted molar refractivity (Wildman–Crippen MR) is 127 cm³/mol. The fraction of sp³-hybridized carbons (Fsp3) is 0.105. The molecule has 11 heteroatoms. The molecule has 3 aromatic rings. The van der Waals surface area contributed by atoms with E-state index in [4.69, 9.17) is 4.62 Å². The average Bonchev–Trinajstić information content (AvgIpc) is 2.72. The molecule has 2 unspecified atom stereocenters. The number of hydroxylamine groups is 1. The number of nitrogens with zero attached hydrogens (tertiary/aromatic N) is 2. The second-order valence-electron chi connectivity index (χ2n) is 6.07. The van der Waals surface area contributed by atoms with Crippen molar-refractivity contribution in [1.82, 2.24) is 15.0 Å². The Morgan fingerprint density at radius 1 is 1.37 bits per heavy atom. The summed E-state index contributed by atoms with van der Waals surface area (Å²) in [5, 5.41) is 0.592. The molecule has 30 heavy (non-hydrogen) atoms. The Morgan fingerprint density at radius 2 is 2.13 bits per heavy atom. The molecule has 0 aliphatic heterocycles. The molecule has 1 heterocycles. The fourth-order valence-corrected chi connectivity index (χ4v) is 3.75. The topological polar surface area (TPSA) is 73.2 Å². The van der Waals surface area contributed by atoms with Crippen LogP contribution in [0.2, 0.25) is 0 Å². The van der Waals surface area contributed by atoms with Crippen molar-refractivity contribution in [3.63, 3.8) is 0 Å². The summed E-state index contributed by atoms with van der Waals surface area (Å²) in [5.41, 5.74) is 1.89. The zero-order valence-corrected chi connectivity index (χ0v) is 19.9. The number of hydrogen-bond acceptors (Lipinski definition) is 4. The highest BCUT2D eigenvalue weighted by Gasteiger charge is 2.18. The van der Waals surface area contributed by atoms with Gasteiger partial charge < -0.3 is 0 Å². The Hall–Kier alpha value is -1.80. The second kappa shape index (κ2) is 10.0. The number of aromatic nitrogens is 2. The van der Waals surface area contributed by atoms with Gasteiger partial charge in [0.15, 0.2) is 0 Å². The third kappa shape index (κ3) is 4.75. The largest absolute Gasteiger partial charge is 0.268 e. The van der Waals surface area contributed by atoms with Gasteiger partial charge in [0.1, 0.15) is 23.9 Å². The van der Waals surface area contributed by atoms with Gasteiger partial charge in [-0.1, -0.05) is 19.1 Å². The third-order valence-electron chi connectivity index (χ3n) is 4.22.